The molecule has 0 aromatic heterocycles. The zero-order chi connectivity index (χ0) is 0. The van der Waals surface area contributed by atoms with Crippen LogP contribution in [0.4, 0.5) is 0 Å². The van der Waals surface area contributed by atoms with Crippen LogP contribution in [-0.2, 0) is 34.1 Å². The third-order valence-corrected chi connectivity index (χ3v) is 0. The van der Waals surface area contributed by atoms with E-state index in [2.05, 4.69) is 0 Å². The van der Waals surface area contributed by atoms with Crippen LogP contribution in [0.5, 0.6) is 0 Å². The predicted octanol–water partition coefficient (Wildman–Crippen LogP) is 1.72. The van der Waals surface area contributed by atoms with Crippen molar-refractivity contribution in [3.8, 4) is 0 Å². The summed E-state index contributed by atoms with van der Waals surface area (Å²) in [5.74, 6) is 0. The smallest absolute Gasteiger partial charge is 0.358 e. The Kier molecular flexibility index (Phi) is 2160. The number of rotatable bonds is 0. The van der Waals surface area contributed by atoms with Crippen LogP contribution in [0.15, 0.2) is 0 Å². The first-order valence-electron chi connectivity index (χ1n) is 0. The molecule has 0 N–H and O–H groups in total. The maximum absolute atomic E-state index is 0. The standard InChI is InChI=1S/2CH4.CH3.2Cu/h2*1H4;1H3;;/q;;-1;;+1. The molecular weight excluding hydrogens is 163 g/mol. The van der Waals surface area contributed by atoms with Crippen molar-refractivity contribution in [3.05, 3.63) is 7.43 Å². The Morgan fingerprint density at radius 1 is 0.800 bits per heavy atom. The normalized spacial score (nSPS) is 0. The molecule has 0 aliphatic carbocycles. The van der Waals surface area contributed by atoms with Gasteiger partial charge in [0, 0.05) is 17.1 Å². The van der Waals surface area contributed by atoms with Gasteiger partial charge in [-0.25, -0.2) is 0 Å². The van der Waals surface area contributed by atoms with Gasteiger partial charge in [0.25, 0.3) is 0 Å². The molecule has 0 bridgehead atoms. The van der Waals surface area contributed by atoms with Gasteiger partial charge in [0.1, 0.15) is 0 Å². The average molecular weight is 174 g/mol. The van der Waals surface area contributed by atoms with E-state index in [9.17, 15) is 0 Å². The summed E-state index contributed by atoms with van der Waals surface area (Å²) in [6.07, 6.45) is 0. The van der Waals surface area contributed by atoms with E-state index in [4.69, 9.17) is 0 Å². The van der Waals surface area contributed by atoms with E-state index in [1.165, 1.54) is 0 Å². The molecule has 0 aromatic rings. The summed E-state index contributed by atoms with van der Waals surface area (Å²) < 4.78 is 0. The van der Waals surface area contributed by atoms with Crippen molar-refractivity contribution in [2.24, 2.45) is 0 Å². The summed E-state index contributed by atoms with van der Waals surface area (Å²) in [4.78, 5) is 0. The molecule has 0 fully saturated rings. The summed E-state index contributed by atoms with van der Waals surface area (Å²) in [6, 6.07) is 0. The van der Waals surface area contributed by atoms with Gasteiger partial charge in [-0.1, -0.05) is 14.9 Å². The molecule has 0 aromatic carbocycles. The molecule has 0 saturated carbocycles. The number of hydrogen-bond donors (Lipinski definition) is 0. The van der Waals surface area contributed by atoms with Gasteiger partial charge in [-0.2, -0.15) is 0 Å². The fourth-order valence-electron chi connectivity index (χ4n) is 0. The number of hydrogen-bond acceptors (Lipinski definition) is 0. The zero-order valence-electron chi connectivity index (χ0n) is 1.60. The summed E-state index contributed by atoms with van der Waals surface area (Å²) in [6.45, 7) is 0. The minimum atomic E-state index is 0. The van der Waals surface area contributed by atoms with E-state index in [1.54, 1.807) is 0 Å². The molecule has 0 aliphatic heterocycles. The molecule has 0 rings (SSSR count). The Morgan fingerprint density at radius 3 is 0.800 bits per heavy atom. The van der Waals surface area contributed by atoms with Gasteiger partial charge in [0.15, 0.2) is 0 Å². The molecule has 0 atom stereocenters. The molecule has 0 spiro atoms. The second-order valence-corrected chi connectivity index (χ2v) is 0. The molecule has 5 heavy (non-hydrogen) atoms. The first-order chi connectivity index (χ1) is 0. The molecule has 0 unspecified atom stereocenters. The van der Waals surface area contributed by atoms with Crippen molar-refractivity contribution in [3.63, 3.8) is 0 Å². The molecule has 1 radical (unpaired) electrons. The molecule has 0 aliphatic rings. The fraction of sp³-hybridized carbons (Fsp3) is 0.667. The van der Waals surface area contributed by atoms with Crippen LogP contribution in [0.2, 0.25) is 0 Å². The SMILES string of the molecule is C.C.[CH3-].[Cu+].[Cu]. The van der Waals surface area contributed by atoms with Crippen molar-refractivity contribution in [2.45, 2.75) is 14.9 Å². The summed E-state index contributed by atoms with van der Waals surface area (Å²) in [5.41, 5.74) is 0. The van der Waals surface area contributed by atoms with Crippen LogP contribution in [0.25, 0.3) is 0 Å². The van der Waals surface area contributed by atoms with E-state index in [0.29, 0.717) is 0 Å². The van der Waals surface area contributed by atoms with E-state index in [-0.39, 0.29) is 56.4 Å². The van der Waals surface area contributed by atoms with Crippen molar-refractivity contribution >= 4 is 0 Å². The van der Waals surface area contributed by atoms with Crippen molar-refractivity contribution in [1.82, 2.24) is 0 Å². The molecule has 0 nitrogen and oxygen atoms in total. The Balaban J connectivity index is 0. The largest absolute Gasteiger partial charge is 1.00 e. The van der Waals surface area contributed by atoms with E-state index in [1.807, 2.05) is 0 Å². The van der Waals surface area contributed by atoms with E-state index < -0.39 is 0 Å². The van der Waals surface area contributed by atoms with Crippen LogP contribution in [0, 0.1) is 7.43 Å². The minimum absolute atomic E-state index is 0. The van der Waals surface area contributed by atoms with Crippen LogP contribution >= 0.6 is 0 Å². The topological polar surface area (TPSA) is 0 Å². The maximum atomic E-state index is 0. The quantitative estimate of drug-likeness (QED) is 0.387. The first kappa shape index (κ1) is 142. The van der Waals surface area contributed by atoms with E-state index >= 15 is 0 Å². The van der Waals surface area contributed by atoms with Crippen LogP contribution < -0.4 is 0 Å². The molecule has 0 amide bonds. The van der Waals surface area contributed by atoms with Gasteiger partial charge in [-0.15, -0.1) is 0 Å². The Morgan fingerprint density at radius 2 is 0.800 bits per heavy atom. The van der Waals surface area contributed by atoms with Gasteiger partial charge in [0.05, 0.1) is 0 Å². The van der Waals surface area contributed by atoms with Crippen molar-refractivity contribution in [2.75, 3.05) is 0 Å². The van der Waals surface area contributed by atoms with Crippen LogP contribution in [0.1, 0.15) is 14.9 Å². The van der Waals surface area contributed by atoms with Gasteiger partial charge in [-0.05, 0) is 0 Å². The van der Waals surface area contributed by atoms with E-state index in [0.717, 1.165) is 0 Å². The van der Waals surface area contributed by atoms with Crippen molar-refractivity contribution < 1.29 is 34.1 Å². The summed E-state index contributed by atoms with van der Waals surface area (Å²) >= 11 is 0. The monoisotopic (exact) mass is 173 g/mol. The Labute approximate surface area is 56.7 Å². The molecular formula is C3H11Cu2. The summed E-state index contributed by atoms with van der Waals surface area (Å²) in [5, 5.41) is 0. The van der Waals surface area contributed by atoms with Gasteiger partial charge >= 0.3 is 17.1 Å². The third kappa shape index (κ3) is 43.1. The second-order valence-electron chi connectivity index (χ2n) is 0. The molecule has 2 heteroatoms. The zero-order valence-corrected chi connectivity index (χ0v) is 3.49. The Hall–Kier alpha value is 1.04. The molecule has 45 valence electrons. The minimum Gasteiger partial charge on any atom is -0.358 e. The van der Waals surface area contributed by atoms with Crippen LogP contribution in [0.3, 0.4) is 0 Å². The Bertz CT molecular complexity index is 4.85. The average Bonchev–Trinajstić information content (AvgIpc) is 0. The first-order valence-corrected chi connectivity index (χ1v) is 0. The molecule has 0 saturated heterocycles. The molecule has 0 heterocycles. The summed E-state index contributed by atoms with van der Waals surface area (Å²) in [7, 11) is 0. The predicted molar refractivity (Wildman–Crippen MR) is 19.9 cm³/mol. The van der Waals surface area contributed by atoms with Crippen molar-refractivity contribution in [1.29, 1.82) is 0 Å². The van der Waals surface area contributed by atoms with Crippen LogP contribution in [-0.4, -0.2) is 0 Å². The van der Waals surface area contributed by atoms with Gasteiger partial charge in [-0.3, -0.25) is 0 Å². The third-order valence-electron chi connectivity index (χ3n) is 0. The van der Waals surface area contributed by atoms with Gasteiger partial charge < -0.3 is 7.43 Å². The fourth-order valence-corrected chi connectivity index (χ4v) is 0. The van der Waals surface area contributed by atoms with Gasteiger partial charge in [0.2, 0.25) is 0 Å². The second kappa shape index (κ2) is 76.2. The maximum Gasteiger partial charge on any atom is 1.00 e.